The molecule has 4 aromatic rings. The standard InChI is InChI=1S/C29H24O4/c1-19-16-28(14-15-29(19)21(3)31)33-27-9-5-7-24(18-27)23-6-4-8-26(17-23)32-25-12-10-22(11-13-25)20(2)30/h4-18H,1-3H3. The minimum Gasteiger partial charge on any atom is -0.457 e. The quantitative estimate of drug-likeness (QED) is 0.279. The number of benzene rings is 4. The van der Waals surface area contributed by atoms with Crippen LogP contribution >= 0.6 is 0 Å². The summed E-state index contributed by atoms with van der Waals surface area (Å²) in [4.78, 5) is 23.1. The summed E-state index contributed by atoms with van der Waals surface area (Å²) >= 11 is 0. The van der Waals surface area contributed by atoms with E-state index in [1.165, 1.54) is 0 Å². The fourth-order valence-corrected chi connectivity index (χ4v) is 3.60. The van der Waals surface area contributed by atoms with Gasteiger partial charge in [-0.05, 0) is 104 Å². The third-order valence-corrected chi connectivity index (χ3v) is 5.31. The van der Waals surface area contributed by atoms with Gasteiger partial charge in [-0.25, -0.2) is 0 Å². The smallest absolute Gasteiger partial charge is 0.160 e. The minimum absolute atomic E-state index is 0.0237. The van der Waals surface area contributed by atoms with Crippen LogP contribution in [-0.2, 0) is 0 Å². The van der Waals surface area contributed by atoms with Crippen molar-refractivity contribution in [2.75, 3.05) is 0 Å². The summed E-state index contributed by atoms with van der Waals surface area (Å²) in [6.45, 7) is 5.00. The summed E-state index contributed by atoms with van der Waals surface area (Å²) in [6, 6.07) is 28.2. The number of carbonyl (C=O) groups excluding carboxylic acids is 2. The van der Waals surface area contributed by atoms with Gasteiger partial charge >= 0.3 is 0 Å². The van der Waals surface area contributed by atoms with E-state index in [4.69, 9.17) is 9.47 Å². The number of rotatable bonds is 7. The first-order chi connectivity index (χ1) is 15.9. The second-order valence-electron chi connectivity index (χ2n) is 7.87. The number of carbonyl (C=O) groups is 2. The number of aryl methyl sites for hydroxylation is 1. The maximum absolute atomic E-state index is 11.7. The van der Waals surface area contributed by atoms with Crippen molar-refractivity contribution in [1.82, 2.24) is 0 Å². The van der Waals surface area contributed by atoms with E-state index in [9.17, 15) is 9.59 Å². The second-order valence-corrected chi connectivity index (χ2v) is 7.87. The zero-order valence-corrected chi connectivity index (χ0v) is 18.8. The van der Waals surface area contributed by atoms with Crippen molar-refractivity contribution in [3.63, 3.8) is 0 Å². The van der Waals surface area contributed by atoms with E-state index < -0.39 is 0 Å². The molecule has 0 spiro atoms. The van der Waals surface area contributed by atoms with Gasteiger partial charge in [0.15, 0.2) is 11.6 Å². The molecule has 0 bridgehead atoms. The molecular formula is C29H24O4. The van der Waals surface area contributed by atoms with Crippen molar-refractivity contribution in [3.05, 3.63) is 108 Å². The van der Waals surface area contributed by atoms with Crippen molar-refractivity contribution in [2.24, 2.45) is 0 Å². The minimum atomic E-state index is 0.0237. The molecule has 0 N–H and O–H groups in total. The number of hydrogen-bond acceptors (Lipinski definition) is 4. The summed E-state index contributed by atoms with van der Waals surface area (Å²) in [7, 11) is 0. The van der Waals surface area contributed by atoms with E-state index >= 15 is 0 Å². The summed E-state index contributed by atoms with van der Waals surface area (Å²) in [5.74, 6) is 2.81. The van der Waals surface area contributed by atoms with Gasteiger partial charge in [0.25, 0.3) is 0 Å². The molecule has 0 atom stereocenters. The van der Waals surface area contributed by atoms with Gasteiger partial charge in [0.2, 0.25) is 0 Å². The van der Waals surface area contributed by atoms with Gasteiger partial charge in [0.1, 0.15) is 23.0 Å². The highest BCUT2D eigenvalue weighted by Gasteiger charge is 2.08. The van der Waals surface area contributed by atoms with Crippen LogP contribution in [0.25, 0.3) is 11.1 Å². The van der Waals surface area contributed by atoms with Crippen LogP contribution in [0.1, 0.15) is 40.1 Å². The highest BCUT2D eigenvalue weighted by Crippen LogP contribution is 2.31. The fraction of sp³-hybridized carbons (Fsp3) is 0.103. The molecule has 0 radical (unpaired) electrons. The lowest BCUT2D eigenvalue weighted by Gasteiger charge is -2.11. The molecule has 4 heteroatoms. The highest BCUT2D eigenvalue weighted by atomic mass is 16.5. The summed E-state index contributed by atoms with van der Waals surface area (Å²) < 4.78 is 12.0. The molecule has 0 saturated heterocycles. The molecule has 0 saturated carbocycles. The maximum atomic E-state index is 11.7. The van der Waals surface area contributed by atoms with Gasteiger partial charge in [-0.15, -0.1) is 0 Å². The number of hydrogen-bond donors (Lipinski definition) is 0. The van der Waals surface area contributed by atoms with Crippen molar-refractivity contribution >= 4 is 11.6 Å². The van der Waals surface area contributed by atoms with E-state index in [1.54, 1.807) is 44.2 Å². The summed E-state index contributed by atoms with van der Waals surface area (Å²) in [5.41, 5.74) is 4.21. The first-order valence-electron chi connectivity index (χ1n) is 10.7. The SMILES string of the molecule is CC(=O)c1ccc(Oc2cccc(-c3cccc(Oc4ccc(C(C)=O)c(C)c4)c3)c2)cc1. The Morgan fingerprint density at radius 2 is 1.09 bits per heavy atom. The molecule has 0 aromatic heterocycles. The Labute approximate surface area is 193 Å². The fourth-order valence-electron chi connectivity index (χ4n) is 3.60. The zero-order chi connectivity index (χ0) is 23.4. The van der Waals surface area contributed by atoms with Crippen LogP contribution in [0, 0.1) is 6.92 Å². The van der Waals surface area contributed by atoms with Crippen molar-refractivity contribution in [1.29, 1.82) is 0 Å². The van der Waals surface area contributed by atoms with E-state index in [1.807, 2.05) is 67.6 Å². The van der Waals surface area contributed by atoms with Gasteiger partial charge in [0.05, 0.1) is 0 Å². The molecule has 0 heterocycles. The van der Waals surface area contributed by atoms with Crippen molar-refractivity contribution < 1.29 is 19.1 Å². The van der Waals surface area contributed by atoms with Gasteiger partial charge in [-0.3, -0.25) is 9.59 Å². The van der Waals surface area contributed by atoms with Crippen LogP contribution in [0.4, 0.5) is 0 Å². The maximum Gasteiger partial charge on any atom is 0.160 e. The Morgan fingerprint density at radius 1 is 0.576 bits per heavy atom. The topological polar surface area (TPSA) is 52.6 Å². The van der Waals surface area contributed by atoms with Crippen LogP contribution in [0.2, 0.25) is 0 Å². The van der Waals surface area contributed by atoms with Crippen LogP contribution in [0.5, 0.6) is 23.0 Å². The molecule has 0 aliphatic rings. The molecule has 0 unspecified atom stereocenters. The first kappa shape index (κ1) is 22.0. The zero-order valence-electron chi connectivity index (χ0n) is 18.8. The lowest BCUT2D eigenvalue weighted by Crippen LogP contribution is -1.96. The average Bonchev–Trinajstić information content (AvgIpc) is 2.80. The van der Waals surface area contributed by atoms with Gasteiger partial charge in [0, 0.05) is 11.1 Å². The molecule has 4 aromatic carbocycles. The lowest BCUT2D eigenvalue weighted by molar-refractivity contribution is 0.100. The molecule has 33 heavy (non-hydrogen) atoms. The number of Topliss-reactive ketones (excluding diaryl/α,β-unsaturated/α-hetero) is 2. The largest absolute Gasteiger partial charge is 0.457 e. The Balaban J connectivity index is 1.53. The Bertz CT molecular complexity index is 1320. The van der Waals surface area contributed by atoms with Crippen LogP contribution in [0.3, 0.4) is 0 Å². The van der Waals surface area contributed by atoms with E-state index in [-0.39, 0.29) is 11.6 Å². The number of ketones is 2. The van der Waals surface area contributed by atoms with Gasteiger partial charge in [-0.2, -0.15) is 0 Å². The number of ether oxygens (including phenoxy) is 2. The third kappa shape index (κ3) is 5.36. The summed E-state index contributed by atoms with van der Waals surface area (Å²) in [5, 5.41) is 0. The van der Waals surface area contributed by atoms with Crippen LogP contribution in [-0.4, -0.2) is 11.6 Å². The molecule has 164 valence electrons. The van der Waals surface area contributed by atoms with E-state index in [2.05, 4.69) is 0 Å². The van der Waals surface area contributed by atoms with Gasteiger partial charge < -0.3 is 9.47 Å². The summed E-state index contributed by atoms with van der Waals surface area (Å²) in [6.07, 6.45) is 0. The van der Waals surface area contributed by atoms with Crippen LogP contribution < -0.4 is 9.47 Å². The van der Waals surface area contributed by atoms with E-state index in [0.29, 0.717) is 34.1 Å². The molecule has 4 nitrogen and oxygen atoms in total. The van der Waals surface area contributed by atoms with Crippen molar-refractivity contribution in [3.8, 4) is 34.1 Å². The first-order valence-corrected chi connectivity index (χ1v) is 10.7. The van der Waals surface area contributed by atoms with Crippen LogP contribution in [0.15, 0.2) is 91.0 Å². The third-order valence-electron chi connectivity index (χ3n) is 5.31. The van der Waals surface area contributed by atoms with Gasteiger partial charge in [-0.1, -0.05) is 24.3 Å². The highest BCUT2D eigenvalue weighted by molar-refractivity contribution is 5.95. The Hall–Kier alpha value is -4.18. The normalized spacial score (nSPS) is 10.5. The second kappa shape index (κ2) is 9.53. The van der Waals surface area contributed by atoms with E-state index in [0.717, 1.165) is 16.7 Å². The van der Waals surface area contributed by atoms with Crippen molar-refractivity contribution in [2.45, 2.75) is 20.8 Å². The molecule has 0 aliphatic carbocycles. The predicted octanol–water partition coefficient (Wildman–Crippen LogP) is 7.65. The Morgan fingerprint density at radius 3 is 1.61 bits per heavy atom. The predicted molar refractivity (Wildman–Crippen MR) is 130 cm³/mol. The molecule has 0 aliphatic heterocycles. The Kier molecular flexibility index (Phi) is 6.36. The monoisotopic (exact) mass is 436 g/mol. The molecule has 0 amide bonds. The molecule has 0 fully saturated rings. The molecular weight excluding hydrogens is 412 g/mol. The lowest BCUT2D eigenvalue weighted by atomic mass is 10.0. The molecule has 4 rings (SSSR count). The average molecular weight is 437 g/mol.